The lowest BCUT2D eigenvalue weighted by Gasteiger charge is -2.12. The summed E-state index contributed by atoms with van der Waals surface area (Å²) in [4.78, 5) is 17.6. The molecule has 3 aromatic heterocycles. The fraction of sp³-hybridized carbons (Fsp3) is 0.429. The number of aromatic nitrogens is 6. The van der Waals surface area contributed by atoms with Crippen molar-refractivity contribution in [3.8, 4) is 0 Å². The maximum Gasteiger partial charge on any atom is 0.239 e. The summed E-state index contributed by atoms with van der Waals surface area (Å²) in [5.74, 6) is -0.121. The van der Waals surface area contributed by atoms with Crippen LogP contribution >= 0.6 is 23.1 Å². The van der Waals surface area contributed by atoms with E-state index in [1.54, 1.807) is 0 Å². The van der Waals surface area contributed by atoms with Gasteiger partial charge < -0.3 is 4.57 Å². The molecule has 8 nitrogen and oxygen atoms in total. The number of aryl methyl sites for hydroxylation is 2. The minimum absolute atomic E-state index is 0.121. The molecule has 31 heavy (non-hydrogen) atoms. The highest BCUT2D eigenvalue weighted by Crippen LogP contribution is 2.29. The fourth-order valence-corrected chi connectivity index (χ4v) is 5.10. The molecule has 1 amide bonds. The third kappa shape index (κ3) is 4.54. The summed E-state index contributed by atoms with van der Waals surface area (Å²) in [7, 11) is 0. The van der Waals surface area contributed by atoms with E-state index in [-0.39, 0.29) is 11.2 Å². The second-order valence-electron chi connectivity index (χ2n) is 7.19. The van der Waals surface area contributed by atoms with Crippen LogP contribution in [0.3, 0.4) is 0 Å². The Balaban J connectivity index is 1.57. The Morgan fingerprint density at radius 1 is 1.13 bits per heavy atom. The summed E-state index contributed by atoms with van der Waals surface area (Å²) < 4.78 is 2.18. The molecule has 1 aromatic carbocycles. The highest BCUT2D eigenvalue weighted by atomic mass is 32.2. The standard InChI is InChI=1S/C21H25N7OS2/c1-4-9-16-24-26-21(31-16)23-19(29)15(6-3)30-20-22-18-17(25-27-20)13-10-7-8-11-14(13)28(18)12-5-2/h7-8,10-11,15H,4-6,9,12H2,1-3H3,(H,23,26,29)/t15-/m1/s1. The normalized spacial score (nSPS) is 12.5. The lowest BCUT2D eigenvalue weighted by atomic mass is 10.2. The lowest BCUT2D eigenvalue weighted by Crippen LogP contribution is -2.24. The number of nitrogens with zero attached hydrogens (tertiary/aromatic N) is 6. The van der Waals surface area contributed by atoms with E-state index in [1.807, 2.05) is 25.1 Å². The summed E-state index contributed by atoms with van der Waals surface area (Å²) in [5.41, 5.74) is 2.71. The summed E-state index contributed by atoms with van der Waals surface area (Å²) in [6.45, 7) is 7.05. The van der Waals surface area contributed by atoms with Crippen molar-refractivity contribution in [2.24, 2.45) is 0 Å². The fourth-order valence-electron chi connectivity index (χ4n) is 3.44. The van der Waals surface area contributed by atoms with Gasteiger partial charge in [-0.25, -0.2) is 4.98 Å². The molecule has 0 saturated heterocycles. The monoisotopic (exact) mass is 455 g/mol. The van der Waals surface area contributed by atoms with Crippen molar-refractivity contribution in [2.45, 2.75) is 63.4 Å². The Morgan fingerprint density at radius 2 is 1.97 bits per heavy atom. The number of amides is 1. The number of hydrogen-bond acceptors (Lipinski definition) is 8. The van der Waals surface area contributed by atoms with Gasteiger partial charge in [0.15, 0.2) is 5.65 Å². The van der Waals surface area contributed by atoms with Crippen molar-refractivity contribution < 1.29 is 4.79 Å². The van der Waals surface area contributed by atoms with Crippen molar-refractivity contribution in [3.05, 3.63) is 29.3 Å². The number of carbonyl (C=O) groups excluding carboxylic acids is 1. The number of rotatable bonds is 9. The molecule has 4 aromatic rings. The van der Waals surface area contributed by atoms with Crippen molar-refractivity contribution in [3.63, 3.8) is 0 Å². The lowest BCUT2D eigenvalue weighted by molar-refractivity contribution is -0.115. The van der Waals surface area contributed by atoms with Crippen LogP contribution < -0.4 is 5.32 Å². The van der Waals surface area contributed by atoms with E-state index in [4.69, 9.17) is 4.98 Å². The zero-order valence-corrected chi connectivity index (χ0v) is 19.5. The number of hydrogen-bond donors (Lipinski definition) is 1. The van der Waals surface area contributed by atoms with E-state index in [0.717, 1.165) is 52.9 Å². The van der Waals surface area contributed by atoms with Gasteiger partial charge in [-0.05, 0) is 25.3 Å². The number of fused-ring (bicyclic) bond motifs is 3. The molecule has 162 valence electrons. The second-order valence-corrected chi connectivity index (χ2v) is 9.42. The molecule has 0 aliphatic rings. The minimum Gasteiger partial charge on any atom is -0.324 e. The van der Waals surface area contributed by atoms with E-state index in [1.165, 1.54) is 23.1 Å². The number of benzene rings is 1. The third-order valence-electron chi connectivity index (χ3n) is 4.87. The molecule has 4 rings (SSSR count). The highest BCUT2D eigenvalue weighted by molar-refractivity contribution is 8.00. The van der Waals surface area contributed by atoms with Gasteiger partial charge in [0.05, 0.1) is 10.8 Å². The van der Waals surface area contributed by atoms with Gasteiger partial charge in [0.25, 0.3) is 0 Å². The molecule has 1 atom stereocenters. The Labute approximate surface area is 188 Å². The summed E-state index contributed by atoms with van der Waals surface area (Å²) >= 11 is 2.75. The summed E-state index contributed by atoms with van der Waals surface area (Å²) in [6.07, 6.45) is 3.49. The topological polar surface area (TPSA) is 98.5 Å². The molecule has 0 radical (unpaired) electrons. The smallest absolute Gasteiger partial charge is 0.239 e. The zero-order valence-electron chi connectivity index (χ0n) is 17.8. The molecular weight excluding hydrogens is 430 g/mol. The van der Waals surface area contributed by atoms with Crippen LogP contribution in [0.4, 0.5) is 5.13 Å². The summed E-state index contributed by atoms with van der Waals surface area (Å²) in [5, 5.41) is 22.5. The molecule has 0 aliphatic carbocycles. The number of nitrogens with one attached hydrogen (secondary N) is 1. The van der Waals surface area contributed by atoms with Gasteiger partial charge in [0, 0.05) is 18.4 Å². The molecule has 0 spiro atoms. The van der Waals surface area contributed by atoms with Crippen molar-refractivity contribution in [1.82, 2.24) is 29.9 Å². The average molecular weight is 456 g/mol. The maximum absolute atomic E-state index is 12.8. The molecule has 0 aliphatic heterocycles. The molecule has 0 unspecified atom stereocenters. The van der Waals surface area contributed by atoms with Crippen LogP contribution in [0.15, 0.2) is 29.4 Å². The number of anilines is 1. The third-order valence-corrected chi connectivity index (χ3v) is 6.99. The average Bonchev–Trinajstić information content (AvgIpc) is 3.35. The van der Waals surface area contributed by atoms with Gasteiger partial charge in [-0.2, -0.15) is 0 Å². The van der Waals surface area contributed by atoms with Gasteiger partial charge in [-0.15, -0.1) is 20.4 Å². The van der Waals surface area contributed by atoms with Crippen LogP contribution in [0.2, 0.25) is 0 Å². The van der Waals surface area contributed by atoms with Gasteiger partial charge in [-0.1, -0.05) is 62.1 Å². The number of para-hydroxylation sites is 1. The number of carbonyl (C=O) groups is 1. The van der Waals surface area contributed by atoms with E-state index < -0.39 is 0 Å². The maximum atomic E-state index is 12.8. The largest absolute Gasteiger partial charge is 0.324 e. The van der Waals surface area contributed by atoms with Crippen LogP contribution in [0.1, 0.15) is 45.0 Å². The first kappa shape index (κ1) is 21.6. The van der Waals surface area contributed by atoms with E-state index in [9.17, 15) is 4.79 Å². The molecule has 0 saturated carbocycles. The van der Waals surface area contributed by atoms with Crippen LogP contribution in [-0.2, 0) is 17.8 Å². The van der Waals surface area contributed by atoms with E-state index in [2.05, 4.69) is 50.2 Å². The minimum atomic E-state index is -0.346. The van der Waals surface area contributed by atoms with Crippen LogP contribution in [0.25, 0.3) is 22.1 Å². The zero-order chi connectivity index (χ0) is 21.8. The van der Waals surface area contributed by atoms with Gasteiger partial charge in [-0.3, -0.25) is 10.1 Å². The SMILES string of the molecule is CCCc1nnc(NC(=O)[C@@H](CC)Sc2nnc3c4ccccc4n(CCC)c3n2)s1. The van der Waals surface area contributed by atoms with Crippen LogP contribution in [0.5, 0.6) is 0 Å². The van der Waals surface area contributed by atoms with E-state index in [0.29, 0.717) is 16.7 Å². The van der Waals surface area contributed by atoms with Gasteiger partial charge >= 0.3 is 0 Å². The Kier molecular flexibility index (Phi) is 6.77. The van der Waals surface area contributed by atoms with Crippen molar-refractivity contribution in [2.75, 3.05) is 5.32 Å². The molecule has 10 heteroatoms. The predicted octanol–water partition coefficient (Wildman–Crippen LogP) is 4.70. The van der Waals surface area contributed by atoms with Crippen LogP contribution in [-0.4, -0.2) is 41.1 Å². The first-order valence-electron chi connectivity index (χ1n) is 10.6. The Morgan fingerprint density at radius 3 is 2.74 bits per heavy atom. The Hall–Kier alpha value is -2.59. The van der Waals surface area contributed by atoms with Gasteiger partial charge in [0.1, 0.15) is 10.5 Å². The molecular formula is C21H25N7OS2. The number of thioether (sulfide) groups is 1. The van der Waals surface area contributed by atoms with Crippen molar-refractivity contribution in [1.29, 1.82) is 0 Å². The second kappa shape index (κ2) is 9.69. The molecule has 0 fully saturated rings. The van der Waals surface area contributed by atoms with Crippen LogP contribution in [0, 0.1) is 0 Å². The van der Waals surface area contributed by atoms with E-state index >= 15 is 0 Å². The first-order valence-corrected chi connectivity index (χ1v) is 12.3. The molecule has 1 N–H and O–H groups in total. The van der Waals surface area contributed by atoms with Crippen molar-refractivity contribution >= 4 is 56.2 Å². The summed E-state index contributed by atoms with van der Waals surface area (Å²) in [6, 6.07) is 8.15. The quantitative estimate of drug-likeness (QED) is 0.365. The molecule has 3 heterocycles. The Bertz CT molecular complexity index is 1200. The highest BCUT2D eigenvalue weighted by Gasteiger charge is 2.22. The van der Waals surface area contributed by atoms with Gasteiger partial charge in [0.2, 0.25) is 16.2 Å². The first-order chi connectivity index (χ1) is 15.1. The predicted molar refractivity (Wildman–Crippen MR) is 126 cm³/mol. The molecule has 0 bridgehead atoms.